The second-order valence-corrected chi connectivity index (χ2v) is 8.03. The standard InChI is InChI=1S/C20H27N6/c1-14(2)15-9-10-26(23-11-15)20(5,6)18-8-7-17(24-25-18)19(3,4)16-12-21-22-13-16/h7-14H,1-6H3,(H,21,22)/q+1. The van der Waals surface area contributed by atoms with E-state index in [1.165, 1.54) is 5.56 Å². The maximum absolute atomic E-state index is 4.60. The molecule has 3 heterocycles. The van der Waals surface area contributed by atoms with Gasteiger partial charge in [0.2, 0.25) is 5.54 Å². The van der Waals surface area contributed by atoms with Crippen LogP contribution in [0, 0.1) is 0 Å². The van der Waals surface area contributed by atoms with Crippen molar-refractivity contribution in [1.29, 1.82) is 0 Å². The van der Waals surface area contributed by atoms with Gasteiger partial charge in [0.25, 0.3) is 0 Å². The van der Waals surface area contributed by atoms with E-state index in [1.54, 1.807) is 0 Å². The zero-order valence-electron chi connectivity index (χ0n) is 16.4. The molecule has 0 saturated heterocycles. The number of H-pyrrole nitrogens is 1. The molecular formula is C20H27N6+. The van der Waals surface area contributed by atoms with Gasteiger partial charge in [-0.25, -0.2) is 0 Å². The maximum Gasteiger partial charge on any atom is 0.231 e. The monoisotopic (exact) mass is 351 g/mol. The molecular weight excluding hydrogens is 324 g/mol. The Hall–Kier alpha value is -2.63. The predicted molar refractivity (Wildman–Crippen MR) is 99.7 cm³/mol. The fourth-order valence-electron chi connectivity index (χ4n) is 2.89. The van der Waals surface area contributed by atoms with E-state index in [0.29, 0.717) is 5.92 Å². The highest BCUT2D eigenvalue weighted by Crippen LogP contribution is 2.29. The van der Waals surface area contributed by atoms with Gasteiger partial charge in [-0.2, -0.15) is 10.2 Å². The number of nitrogens with zero attached hydrogens (tertiary/aromatic N) is 5. The summed E-state index contributed by atoms with van der Waals surface area (Å²) in [6, 6.07) is 6.19. The molecule has 1 N–H and O–H groups in total. The molecule has 0 aliphatic rings. The molecule has 6 heteroatoms. The van der Waals surface area contributed by atoms with Crippen LogP contribution in [-0.2, 0) is 11.0 Å². The molecule has 0 atom stereocenters. The first-order chi connectivity index (χ1) is 12.2. The van der Waals surface area contributed by atoms with Gasteiger partial charge < -0.3 is 0 Å². The normalized spacial score (nSPS) is 12.6. The largest absolute Gasteiger partial charge is 0.285 e. The Morgan fingerprint density at radius 3 is 2.15 bits per heavy atom. The molecule has 26 heavy (non-hydrogen) atoms. The third kappa shape index (κ3) is 3.23. The first kappa shape index (κ1) is 18.2. The molecule has 0 bridgehead atoms. The Labute approximate surface area is 154 Å². The second-order valence-electron chi connectivity index (χ2n) is 8.03. The van der Waals surface area contributed by atoms with E-state index in [4.69, 9.17) is 0 Å². The fraction of sp³-hybridized carbons (Fsp3) is 0.450. The highest BCUT2D eigenvalue weighted by molar-refractivity contribution is 5.30. The lowest BCUT2D eigenvalue weighted by atomic mass is 9.83. The van der Waals surface area contributed by atoms with Crippen LogP contribution in [0.1, 0.15) is 70.0 Å². The summed E-state index contributed by atoms with van der Waals surface area (Å²) in [4.78, 5) is 0. The molecule has 6 nitrogen and oxygen atoms in total. The van der Waals surface area contributed by atoms with Crippen LogP contribution in [0.25, 0.3) is 0 Å². The van der Waals surface area contributed by atoms with Crippen molar-refractivity contribution in [3.05, 3.63) is 65.5 Å². The van der Waals surface area contributed by atoms with Gasteiger partial charge in [-0.1, -0.05) is 18.5 Å². The summed E-state index contributed by atoms with van der Waals surface area (Å²) >= 11 is 0. The molecule has 0 saturated carbocycles. The first-order valence-electron chi connectivity index (χ1n) is 8.95. The van der Waals surface area contributed by atoms with E-state index in [-0.39, 0.29) is 11.0 Å². The van der Waals surface area contributed by atoms with Gasteiger partial charge in [-0.15, -0.1) is 5.10 Å². The van der Waals surface area contributed by atoms with Crippen LogP contribution in [0.2, 0.25) is 0 Å². The molecule has 0 spiro atoms. The second kappa shape index (κ2) is 6.59. The van der Waals surface area contributed by atoms with Gasteiger partial charge >= 0.3 is 0 Å². The lowest BCUT2D eigenvalue weighted by Crippen LogP contribution is -2.56. The Balaban J connectivity index is 1.89. The summed E-state index contributed by atoms with van der Waals surface area (Å²) in [5.41, 5.74) is 3.44. The third-order valence-corrected chi connectivity index (χ3v) is 5.13. The smallest absolute Gasteiger partial charge is 0.231 e. The maximum atomic E-state index is 4.60. The van der Waals surface area contributed by atoms with Gasteiger partial charge in [0.05, 0.1) is 18.1 Å². The van der Waals surface area contributed by atoms with Crippen molar-refractivity contribution >= 4 is 0 Å². The summed E-state index contributed by atoms with van der Waals surface area (Å²) in [5.74, 6) is 0.462. The number of hydrogen-bond acceptors (Lipinski definition) is 4. The van der Waals surface area contributed by atoms with Crippen LogP contribution in [0.15, 0.2) is 43.0 Å². The molecule has 3 aromatic rings. The summed E-state index contributed by atoms with van der Waals surface area (Å²) < 4.78 is 1.93. The topological polar surface area (TPSA) is 71.2 Å². The van der Waals surface area contributed by atoms with Gasteiger partial charge in [0, 0.05) is 37.1 Å². The quantitative estimate of drug-likeness (QED) is 0.717. The van der Waals surface area contributed by atoms with E-state index in [0.717, 1.165) is 17.0 Å². The van der Waals surface area contributed by atoms with Crippen molar-refractivity contribution in [3.63, 3.8) is 0 Å². The fourth-order valence-corrected chi connectivity index (χ4v) is 2.89. The van der Waals surface area contributed by atoms with Crippen molar-refractivity contribution in [2.24, 2.45) is 0 Å². The predicted octanol–water partition coefficient (Wildman–Crippen LogP) is 3.11. The number of aromatic nitrogens is 6. The van der Waals surface area contributed by atoms with Crippen molar-refractivity contribution in [3.8, 4) is 0 Å². The van der Waals surface area contributed by atoms with Gasteiger partial charge in [0.1, 0.15) is 5.69 Å². The number of nitrogens with one attached hydrogen (secondary N) is 1. The molecule has 0 amide bonds. The van der Waals surface area contributed by atoms with Crippen molar-refractivity contribution in [2.75, 3.05) is 0 Å². The van der Waals surface area contributed by atoms with E-state index in [1.807, 2.05) is 41.6 Å². The summed E-state index contributed by atoms with van der Waals surface area (Å²) in [5, 5.41) is 20.5. The molecule has 0 fully saturated rings. The van der Waals surface area contributed by atoms with Crippen LogP contribution in [0.3, 0.4) is 0 Å². The van der Waals surface area contributed by atoms with Crippen LogP contribution >= 0.6 is 0 Å². The van der Waals surface area contributed by atoms with Crippen LogP contribution < -0.4 is 4.68 Å². The average molecular weight is 351 g/mol. The average Bonchev–Trinajstić information content (AvgIpc) is 3.17. The minimum atomic E-state index is -0.388. The zero-order chi connectivity index (χ0) is 18.9. The van der Waals surface area contributed by atoms with E-state index >= 15 is 0 Å². The van der Waals surface area contributed by atoms with Crippen molar-refractivity contribution < 1.29 is 4.68 Å². The summed E-state index contributed by atoms with van der Waals surface area (Å²) in [7, 11) is 0. The third-order valence-electron chi connectivity index (χ3n) is 5.13. The van der Waals surface area contributed by atoms with Gasteiger partial charge in [-0.05, 0) is 42.6 Å². The summed E-state index contributed by atoms with van der Waals surface area (Å²) in [6.07, 6.45) is 7.67. The number of rotatable bonds is 5. The summed E-state index contributed by atoms with van der Waals surface area (Å²) in [6.45, 7) is 12.8. The zero-order valence-corrected chi connectivity index (χ0v) is 16.4. The van der Waals surface area contributed by atoms with Crippen molar-refractivity contribution in [1.82, 2.24) is 25.5 Å². The lowest BCUT2D eigenvalue weighted by Gasteiger charge is -2.23. The molecule has 0 unspecified atom stereocenters. The van der Waals surface area contributed by atoms with Crippen LogP contribution in [-0.4, -0.2) is 25.5 Å². The molecule has 0 aromatic carbocycles. The highest BCUT2D eigenvalue weighted by Gasteiger charge is 2.36. The molecule has 3 rings (SSSR count). The van der Waals surface area contributed by atoms with E-state index < -0.39 is 0 Å². The Kier molecular flexibility index (Phi) is 4.61. The number of hydrogen-bond donors (Lipinski definition) is 1. The minimum Gasteiger partial charge on any atom is -0.285 e. The SMILES string of the molecule is CC(C)c1cc[n+](C(C)(C)c2ccc(C(C)(C)c3cn[nH]c3)nn2)nc1. The Bertz CT molecular complexity index is 846. The van der Waals surface area contributed by atoms with Crippen molar-refractivity contribution in [2.45, 2.75) is 58.4 Å². The van der Waals surface area contributed by atoms with Crippen LogP contribution in [0.5, 0.6) is 0 Å². The molecule has 0 aliphatic carbocycles. The van der Waals surface area contributed by atoms with Crippen LogP contribution in [0.4, 0.5) is 0 Å². The van der Waals surface area contributed by atoms with E-state index in [2.05, 4.69) is 73.1 Å². The first-order valence-corrected chi connectivity index (χ1v) is 8.95. The minimum absolute atomic E-state index is 0.257. The van der Waals surface area contributed by atoms with Gasteiger partial charge in [0.15, 0.2) is 6.20 Å². The molecule has 136 valence electrons. The molecule has 0 radical (unpaired) electrons. The number of aromatic amines is 1. The van der Waals surface area contributed by atoms with E-state index in [9.17, 15) is 0 Å². The Morgan fingerprint density at radius 1 is 0.962 bits per heavy atom. The highest BCUT2D eigenvalue weighted by atomic mass is 15.3. The van der Waals surface area contributed by atoms with Gasteiger partial charge in [-0.3, -0.25) is 5.10 Å². The Morgan fingerprint density at radius 2 is 1.65 bits per heavy atom. The molecule has 0 aliphatic heterocycles. The lowest BCUT2D eigenvalue weighted by molar-refractivity contribution is -0.800. The molecule has 3 aromatic heterocycles.